The van der Waals surface area contributed by atoms with Crippen LogP contribution in [-0.4, -0.2) is 4.98 Å². The SMILES string of the molecule is CCCCCc1c[nH]c(=O)c(F)c1. The van der Waals surface area contributed by atoms with Crippen molar-refractivity contribution in [3.63, 3.8) is 0 Å². The molecular formula is C10H14FNO. The summed E-state index contributed by atoms with van der Waals surface area (Å²) in [5, 5.41) is 0. The van der Waals surface area contributed by atoms with Crippen LogP contribution in [0.5, 0.6) is 0 Å². The average Bonchev–Trinajstić information content (AvgIpc) is 2.12. The molecule has 1 rings (SSSR count). The van der Waals surface area contributed by atoms with Gasteiger partial charge in [-0.1, -0.05) is 19.8 Å². The molecule has 0 aliphatic rings. The predicted octanol–water partition coefficient (Wildman–Crippen LogP) is 2.25. The van der Waals surface area contributed by atoms with Gasteiger partial charge in [0, 0.05) is 6.20 Å². The van der Waals surface area contributed by atoms with Gasteiger partial charge in [-0.3, -0.25) is 4.79 Å². The maximum Gasteiger partial charge on any atom is 0.283 e. The van der Waals surface area contributed by atoms with Crippen LogP contribution in [0.1, 0.15) is 31.7 Å². The molecule has 0 atom stereocenters. The second-order valence-electron chi connectivity index (χ2n) is 3.14. The summed E-state index contributed by atoms with van der Waals surface area (Å²) in [5.74, 6) is -0.686. The van der Waals surface area contributed by atoms with E-state index < -0.39 is 11.4 Å². The molecule has 0 fully saturated rings. The smallest absolute Gasteiger partial charge is 0.283 e. The lowest BCUT2D eigenvalue weighted by molar-refractivity contribution is 0.603. The van der Waals surface area contributed by atoms with Crippen molar-refractivity contribution in [2.24, 2.45) is 0 Å². The van der Waals surface area contributed by atoms with E-state index in [9.17, 15) is 9.18 Å². The molecule has 0 aromatic carbocycles. The highest BCUT2D eigenvalue weighted by atomic mass is 19.1. The molecule has 72 valence electrons. The summed E-state index contributed by atoms with van der Waals surface area (Å²) in [6.07, 6.45) is 5.75. The zero-order valence-corrected chi connectivity index (χ0v) is 7.77. The maximum absolute atomic E-state index is 12.7. The number of unbranched alkanes of at least 4 members (excludes halogenated alkanes) is 2. The van der Waals surface area contributed by atoms with Gasteiger partial charge in [-0.2, -0.15) is 0 Å². The summed E-state index contributed by atoms with van der Waals surface area (Å²) in [6.45, 7) is 2.12. The van der Waals surface area contributed by atoms with Crippen LogP contribution in [0.3, 0.4) is 0 Å². The quantitative estimate of drug-likeness (QED) is 0.713. The molecule has 0 unspecified atom stereocenters. The first-order valence-corrected chi connectivity index (χ1v) is 4.61. The van der Waals surface area contributed by atoms with Gasteiger partial charge in [-0.15, -0.1) is 0 Å². The van der Waals surface area contributed by atoms with Gasteiger partial charge in [0.15, 0.2) is 5.82 Å². The molecule has 0 spiro atoms. The number of halogens is 1. The second kappa shape index (κ2) is 4.80. The largest absolute Gasteiger partial charge is 0.326 e. The van der Waals surface area contributed by atoms with E-state index in [1.165, 1.54) is 6.07 Å². The molecule has 0 aliphatic heterocycles. The van der Waals surface area contributed by atoms with Crippen LogP contribution < -0.4 is 5.56 Å². The van der Waals surface area contributed by atoms with Gasteiger partial charge in [0.2, 0.25) is 0 Å². The molecule has 0 bridgehead atoms. The zero-order chi connectivity index (χ0) is 9.68. The van der Waals surface area contributed by atoms with E-state index in [0.717, 1.165) is 31.2 Å². The molecule has 0 aliphatic carbocycles. The number of pyridine rings is 1. The molecule has 1 heterocycles. The molecule has 0 saturated carbocycles. The van der Waals surface area contributed by atoms with Crippen LogP contribution in [-0.2, 0) is 6.42 Å². The van der Waals surface area contributed by atoms with Crippen LogP contribution in [0.4, 0.5) is 4.39 Å². The number of hydrogen-bond acceptors (Lipinski definition) is 1. The Morgan fingerprint density at radius 3 is 2.85 bits per heavy atom. The molecule has 1 aromatic heterocycles. The molecule has 0 radical (unpaired) electrons. The lowest BCUT2D eigenvalue weighted by Crippen LogP contribution is -2.10. The second-order valence-corrected chi connectivity index (χ2v) is 3.14. The van der Waals surface area contributed by atoms with Crippen LogP contribution in [0.2, 0.25) is 0 Å². The summed E-state index contributed by atoms with van der Waals surface area (Å²) >= 11 is 0. The average molecular weight is 183 g/mol. The van der Waals surface area contributed by atoms with E-state index in [-0.39, 0.29) is 0 Å². The molecule has 13 heavy (non-hydrogen) atoms. The van der Waals surface area contributed by atoms with Crippen molar-refractivity contribution in [1.82, 2.24) is 4.98 Å². The summed E-state index contributed by atoms with van der Waals surface area (Å²) < 4.78 is 12.7. The van der Waals surface area contributed by atoms with Gasteiger partial charge in [0.1, 0.15) is 0 Å². The van der Waals surface area contributed by atoms with Crippen molar-refractivity contribution < 1.29 is 4.39 Å². The Labute approximate surface area is 76.8 Å². The van der Waals surface area contributed by atoms with Gasteiger partial charge in [-0.25, -0.2) is 4.39 Å². The minimum Gasteiger partial charge on any atom is -0.326 e. The highest BCUT2D eigenvalue weighted by Crippen LogP contribution is 2.04. The van der Waals surface area contributed by atoms with Gasteiger partial charge in [-0.05, 0) is 24.5 Å². The normalized spacial score (nSPS) is 10.3. The van der Waals surface area contributed by atoms with Gasteiger partial charge >= 0.3 is 0 Å². The lowest BCUT2D eigenvalue weighted by Gasteiger charge is -1.99. The molecule has 0 saturated heterocycles. The first kappa shape index (κ1) is 9.96. The van der Waals surface area contributed by atoms with Gasteiger partial charge in [0.05, 0.1) is 0 Å². The number of aromatic amines is 1. The van der Waals surface area contributed by atoms with Crippen molar-refractivity contribution in [1.29, 1.82) is 0 Å². The topological polar surface area (TPSA) is 32.9 Å². The monoisotopic (exact) mass is 183 g/mol. The highest BCUT2D eigenvalue weighted by molar-refractivity contribution is 5.10. The minimum absolute atomic E-state index is 0.640. The summed E-state index contributed by atoms with van der Waals surface area (Å²) in [4.78, 5) is 13.0. The number of aryl methyl sites for hydroxylation is 1. The van der Waals surface area contributed by atoms with Crippen molar-refractivity contribution in [2.75, 3.05) is 0 Å². The fraction of sp³-hybridized carbons (Fsp3) is 0.500. The van der Waals surface area contributed by atoms with Crippen molar-refractivity contribution >= 4 is 0 Å². The fourth-order valence-electron chi connectivity index (χ4n) is 1.22. The van der Waals surface area contributed by atoms with Crippen molar-refractivity contribution in [3.05, 3.63) is 34.0 Å². The number of nitrogens with one attached hydrogen (secondary N) is 1. The van der Waals surface area contributed by atoms with Crippen LogP contribution in [0, 0.1) is 5.82 Å². The predicted molar refractivity (Wildman–Crippen MR) is 50.2 cm³/mol. The zero-order valence-electron chi connectivity index (χ0n) is 7.77. The van der Waals surface area contributed by atoms with E-state index in [1.807, 2.05) is 0 Å². The molecule has 1 aromatic rings. The van der Waals surface area contributed by atoms with Gasteiger partial charge < -0.3 is 4.98 Å². The Morgan fingerprint density at radius 1 is 1.46 bits per heavy atom. The van der Waals surface area contributed by atoms with E-state index in [1.54, 1.807) is 6.20 Å². The Bertz CT molecular complexity index is 319. The summed E-state index contributed by atoms with van der Waals surface area (Å²) in [7, 11) is 0. The standard InChI is InChI=1S/C10H14FNO/c1-2-3-4-5-8-6-9(11)10(13)12-7-8/h6-7H,2-5H2,1H3,(H,12,13). The number of H-pyrrole nitrogens is 1. The van der Waals surface area contributed by atoms with E-state index in [0.29, 0.717) is 0 Å². The first-order chi connectivity index (χ1) is 6.24. The van der Waals surface area contributed by atoms with Gasteiger partial charge in [0.25, 0.3) is 5.56 Å². The highest BCUT2D eigenvalue weighted by Gasteiger charge is 1.99. The minimum atomic E-state index is -0.686. The first-order valence-electron chi connectivity index (χ1n) is 4.61. The maximum atomic E-state index is 12.7. The summed E-state index contributed by atoms with van der Waals surface area (Å²) in [6, 6.07) is 1.31. The van der Waals surface area contributed by atoms with E-state index >= 15 is 0 Å². The fourth-order valence-corrected chi connectivity index (χ4v) is 1.22. The third-order valence-corrected chi connectivity index (χ3v) is 1.99. The lowest BCUT2D eigenvalue weighted by atomic mass is 10.1. The third kappa shape index (κ3) is 3.01. The third-order valence-electron chi connectivity index (χ3n) is 1.99. The van der Waals surface area contributed by atoms with Crippen molar-refractivity contribution in [3.8, 4) is 0 Å². The Morgan fingerprint density at radius 2 is 2.23 bits per heavy atom. The summed E-state index contributed by atoms with van der Waals surface area (Å²) in [5.41, 5.74) is 0.227. The van der Waals surface area contributed by atoms with Crippen LogP contribution >= 0.6 is 0 Å². The van der Waals surface area contributed by atoms with E-state index in [2.05, 4.69) is 11.9 Å². The number of aromatic nitrogens is 1. The Kier molecular flexibility index (Phi) is 3.68. The van der Waals surface area contributed by atoms with E-state index in [4.69, 9.17) is 0 Å². The van der Waals surface area contributed by atoms with Crippen molar-refractivity contribution in [2.45, 2.75) is 32.6 Å². The number of rotatable bonds is 4. The molecule has 0 amide bonds. The van der Waals surface area contributed by atoms with Crippen LogP contribution in [0.15, 0.2) is 17.1 Å². The number of hydrogen-bond donors (Lipinski definition) is 1. The molecule has 2 nitrogen and oxygen atoms in total. The van der Waals surface area contributed by atoms with Crippen LogP contribution in [0.25, 0.3) is 0 Å². The molecular weight excluding hydrogens is 169 g/mol. The Balaban J connectivity index is 2.58. The molecule has 3 heteroatoms. The molecule has 1 N–H and O–H groups in total. The Hall–Kier alpha value is -1.12.